The van der Waals surface area contributed by atoms with Gasteiger partial charge in [0, 0.05) is 37.3 Å². The van der Waals surface area contributed by atoms with Crippen LogP contribution in [0.2, 0.25) is 5.02 Å². The SMILES string of the molecule is CC1CCN(CCNS(=O)(=O)N(C)Cc2c(F)cccc2Cl)CC1. The fraction of sp³-hybridized carbons (Fsp3) is 0.625. The molecule has 0 radical (unpaired) electrons. The maximum absolute atomic E-state index is 13.8. The number of piperidine rings is 1. The van der Waals surface area contributed by atoms with Crippen LogP contribution < -0.4 is 4.72 Å². The quantitative estimate of drug-likeness (QED) is 0.794. The second kappa shape index (κ2) is 8.58. The van der Waals surface area contributed by atoms with Crippen molar-refractivity contribution in [2.75, 3.05) is 33.2 Å². The summed E-state index contributed by atoms with van der Waals surface area (Å²) in [7, 11) is -2.26. The molecule has 0 aromatic heterocycles. The first-order chi connectivity index (χ1) is 11.3. The zero-order chi connectivity index (χ0) is 17.7. The summed E-state index contributed by atoms with van der Waals surface area (Å²) in [5.74, 6) is 0.238. The monoisotopic (exact) mass is 377 g/mol. The Morgan fingerprint density at radius 1 is 1.38 bits per heavy atom. The third-order valence-corrected chi connectivity index (χ3v) is 6.31. The molecule has 0 saturated carbocycles. The molecule has 1 saturated heterocycles. The van der Waals surface area contributed by atoms with Gasteiger partial charge in [-0.15, -0.1) is 0 Å². The van der Waals surface area contributed by atoms with Gasteiger partial charge in [-0.25, -0.2) is 9.11 Å². The molecule has 1 aliphatic heterocycles. The Bertz CT molecular complexity index is 628. The third-order valence-electron chi connectivity index (χ3n) is 4.44. The summed E-state index contributed by atoms with van der Waals surface area (Å²) < 4.78 is 42.0. The highest BCUT2D eigenvalue weighted by atomic mass is 35.5. The Balaban J connectivity index is 1.85. The molecule has 1 N–H and O–H groups in total. The van der Waals surface area contributed by atoms with Crippen LogP contribution in [-0.2, 0) is 16.8 Å². The van der Waals surface area contributed by atoms with Gasteiger partial charge in [0.15, 0.2) is 0 Å². The molecular weight excluding hydrogens is 353 g/mol. The maximum atomic E-state index is 13.8. The highest BCUT2D eigenvalue weighted by Gasteiger charge is 2.21. The minimum absolute atomic E-state index is 0.109. The van der Waals surface area contributed by atoms with Crippen LogP contribution in [-0.4, -0.2) is 50.8 Å². The number of likely N-dealkylation sites (tertiary alicyclic amines) is 1. The second-order valence-electron chi connectivity index (χ2n) is 6.38. The van der Waals surface area contributed by atoms with Gasteiger partial charge in [-0.05, 0) is 44.0 Å². The minimum Gasteiger partial charge on any atom is -0.302 e. The van der Waals surface area contributed by atoms with E-state index in [0.717, 1.165) is 36.2 Å². The van der Waals surface area contributed by atoms with Crippen molar-refractivity contribution in [3.8, 4) is 0 Å². The number of benzene rings is 1. The van der Waals surface area contributed by atoms with E-state index in [2.05, 4.69) is 16.5 Å². The van der Waals surface area contributed by atoms with Gasteiger partial charge in [0.05, 0.1) is 0 Å². The van der Waals surface area contributed by atoms with E-state index in [0.29, 0.717) is 13.1 Å². The molecule has 0 atom stereocenters. The Morgan fingerprint density at radius 3 is 2.67 bits per heavy atom. The van der Waals surface area contributed by atoms with E-state index in [4.69, 9.17) is 11.6 Å². The summed E-state index contributed by atoms with van der Waals surface area (Å²) in [6.07, 6.45) is 2.30. The normalized spacial score (nSPS) is 17.5. The summed E-state index contributed by atoms with van der Waals surface area (Å²) in [5, 5.41) is 0.222. The van der Waals surface area contributed by atoms with Crippen molar-refractivity contribution in [2.45, 2.75) is 26.3 Å². The molecule has 0 aliphatic carbocycles. The van der Waals surface area contributed by atoms with Crippen LogP contribution in [0.1, 0.15) is 25.3 Å². The van der Waals surface area contributed by atoms with Crippen molar-refractivity contribution >= 4 is 21.8 Å². The molecule has 136 valence electrons. The molecule has 1 aromatic rings. The zero-order valence-corrected chi connectivity index (χ0v) is 15.7. The van der Waals surface area contributed by atoms with Crippen molar-refractivity contribution < 1.29 is 12.8 Å². The number of nitrogens with zero attached hydrogens (tertiary/aromatic N) is 2. The highest BCUT2D eigenvalue weighted by molar-refractivity contribution is 7.87. The summed E-state index contributed by atoms with van der Waals surface area (Å²) in [5.41, 5.74) is 0.178. The van der Waals surface area contributed by atoms with Gasteiger partial charge in [-0.3, -0.25) is 0 Å². The van der Waals surface area contributed by atoms with E-state index in [1.54, 1.807) is 6.07 Å². The van der Waals surface area contributed by atoms with Crippen LogP contribution in [0.25, 0.3) is 0 Å². The molecule has 1 aromatic carbocycles. The first-order valence-electron chi connectivity index (χ1n) is 8.16. The average molecular weight is 378 g/mol. The van der Waals surface area contributed by atoms with E-state index >= 15 is 0 Å². The average Bonchev–Trinajstić information content (AvgIpc) is 2.52. The van der Waals surface area contributed by atoms with E-state index in [9.17, 15) is 12.8 Å². The molecule has 5 nitrogen and oxygen atoms in total. The van der Waals surface area contributed by atoms with Crippen LogP contribution in [0.3, 0.4) is 0 Å². The summed E-state index contributed by atoms with van der Waals surface area (Å²) in [6.45, 7) is 5.16. The maximum Gasteiger partial charge on any atom is 0.279 e. The number of hydrogen-bond donors (Lipinski definition) is 1. The fourth-order valence-electron chi connectivity index (χ4n) is 2.72. The molecule has 0 amide bonds. The molecule has 1 fully saturated rings. The smallest absolute Gasteiger partial charge is 0.279 e. The first kappa shape index (κ1) is 19.6. The number of rotatable bonds is 7. The lowest BCUT2D eigenvalue weighted by Gasteiger charge is -2.30. The fourth-order valence-corrected chi connectivity index (χ4v) is 3.81. The van der Waals surface area contributed by atoms with Crippen LogP contribution in [0.4, 0.5) is 4.39 Å². The van der Waals surface area contributed by atoms with Crippen molar-refractivity contribution in [2.24, 2.45) is 5.92 Å². The van der Waals surface area contributed by atoms with Gasteiger partial charge in [0.1, 0.15) is 5.82 Å². The molecule has 24 heavy (non-hydrogen) atoms. The third kappa shape index (κ3) is 5.39. The molecule has 0 spiro atoms. The van der Waals surface area contributed by atoms with E-state index < -0.39 is 16.0 Å². The molecule has 2 rings (SSSR count). The lowest BCUT2D eigenvalue weighted by Crippen LogP contribution is -2.43. The summed E-state index contributed by atoms with van der Waals surface area (Å²) in [6, 6.07) is 4.31. The van der Waals surface area contributed by atoms with Crippen LogP contribution in [0.5, 0.6) is 0 Å². The topological polar surface area (TPSA) is 52.7 Å². The lowest BCUT2D eigenvalue weighted by molar-refractivity contribution is 0.195. The number of hydrogen-bond acceptors (Lipinski definition) is 3. The zero-order valence-electron chi connectivity index (χ0n) is 14.1. The van der Waals surface area contributed by atoms with Gasteiger partial charge < -0.3 is 4.90 Å². The molecule has 0 unspecified atom stereocenters. The Labute approximate surface area is 149 Å². The number of halogens is 2. The molecular formula is C16H25ClFN3O2S. The molecule has 1 heterocycles. The summed E-state index contributed by atoms with van der Waals surface area (Å²) in [4.78, 5) is 2.26. The number of nitrogens with one attached hydrogen (secondary N) is 1. The Kier molecular flexibility index (Phi) is 7.00. The van der Waals surface area contributed by atoms with E-state index in [1.807, 2.05) is 0 Å². The Hall–Kier alpha value is -0.730. The van der Waals surface area contributed by atoms with E-state index in [-0.39, 0.29) is 17.1 Å². The van der Waals surface area contributed by atoms with Gasteiger partial charge in [-0.2, -0.15) is 12.7 Å². The van der Waals surface area contributed by atoms with Gasteiger partial charge in [-0.1, -0.05) is 24.6 Å². The van der Waals surface area contributed by atoms with Crippen molar-refractivity contribution in [3.05, 3.63) is 34.6 Å². The highest BCUT2D eigenvalue weighted by Crippen LogP contribution is 2.21. The minimum atomic E-state index is -3.67. The lowest BCUT2D eigenvalue weighted by atomic mass is 9.99. The van der Waals surface area contributed by atoms with Crippen LogP contribution in [0.15, 0.2) is 18.2 Å². The molecule has 8 heteroatoms. The van der Waals surface area contributed by atoms with E-state index in [1.165, 1.54) is 19.2 Å². The second-order valence-corrected chi connectivity index (χ2v) is 8.65. The van der Waals surface area contributed by atoms with Crippen LogP contribution >= 0.6 is 11.6 Å². The largest absolute Gasteiger partial charge is 0.302 e. The van der Waals surface area contributed by atoms with Crippen LogP contribution in [0, 0.1) is 11.7 Å². The Morgan fingerprint density at radius 2 is 2.04 bits per heavy atom. The molecule has 1 aliphatic rings. The van der Waals surface area contributed by atoms with Gasteiger partial charge in [0.25, 0.3) is 10.2 Å². The van der Waals surface area contributed by atoms with Crippen molar-refractivity contribution in [1.29, 1.82) is 0 Å². The van der Waals surface area contributed by atoms with Gasteiger partial charge >= 0.3 is 0 Å². The first-order valence-corrected chi connectivity index (χ1v) is 9.97. The standard InChI is InChI=1S/C16H25ClFN3O2S/c1-13-6-9-21(10-7-13)11-8-19-24(22,23)20(2)12-14-15(17)4-3-5-16(14)18/h3-5,13,19H,6-12H2,1-2H3. The predicted octanol–water partition coefficient (Wildman–Crippen LogP) is 2.48. The van der Waals surface area contributed by atoms with Gasteiger partial charge in [0.2, 0.25) is 0 Å². The molecule has 0 bridgehead atoms. The predicted molar refractivity (Wildman–Crippen MR) is 94.6 cm³/mol. The van der Waals surface area contributed by atoms with Crippen molar-refractivity contribution in [1.82, 2.24) is 13.9 Å². The summed E-state index contributed by atoms with van der Waals surface area (Å²) >= 11 is 5.95. The van der Waals surface area contributed by atoms with Crippen molar-refractivity contribution in [3.63, 3.8) is 0 Å².